The molecule has 0 saturated heterocycles. The van der Waals surface area contributed by atoms with E-state index in [0.717, 1.165) is 12.3 Å². The van der Waals surface area contributed by atoms with Crippen LogP contribution < -0.4 is 4.90 Å². The topological polar surface area (TPSA) is 25.4 Å². The Bertz CT molecular complexity index is 429. The van der Waals surface area contributed by atoms with Crippen LogP contribution in [-0.2, 0) is 10.9 Å². The second kappa shape index (κ2) is 6.63. The maximum atomic E-state index is 12.5. The first-order valence-electron chi connectivity index (χ1n) is 5.32. The fourth-order valence-electron chi connectivity index (χ4n) is 1.48. The van der Waals surface area contributed by atoms with Crippen LogP contribution in [0.3, 0.4) is 0 Å². The molecular formula is C11H13Cl2F3N2O. The Hall–Kier alpha value is -0.720. The lowest BCUT2D eigenvalue weighted by molar-refractivity contribution is -0.137. The van der Waals surface area contributed by atoms with E-state index >= 15 is 0 Å². The predicted octanol–water partition coefficient (Wildman–Crippen LogP) is 3.44. The van der Waals surface area contributed by atoms with Crippen molar-refractivity contribution in [3.8, 4) is 0 Å². The molecule has 0 bridgehead atoms. The fraction of sp³-hybridized carbons (Fsp3) is 0.545. The van der Waals surface area contributed by atoms with Crippen molar-refractivity contribution in [1.29, 1.82) is 0 Å². The van der Waals surface area contributed by atoms with Crippen LogP contribution in [0.1, 0.15) is 5.56 Å². The van der Waals surface area contributed by atoms with E-state index in [1.54, 1.807) is 11.9 Å². The average Bonchev–Trinajstić information content (AvgIpc) is 2.27. The molecule has 1 heterocycles. The van der Waals surface area contributed by atoms with E-state index in [9.17, 15) is 13.2 Å². The van der Waals surface area contributed by atoms with Gasteiger partial charge in [0.05, 0.1) is 22.6 Å². The van der Waals surface area contributed by atoms with Crippen molar-refractivity contribution in [1.82, 2.24) is 4.98 Å². The summed E-state index contributed by atoms with van der Waals surface area (Å²) in [6.07, 6.45) is -3.71. The number of hydrogen-bond donors (Lipinski definition) is 0. The Balaban J connectivity index is 2.84. The molecule has 0 saturated carbocycles. The maximum Gasteiger partial charge on any atom is 0.417 e. The minimum atomic E-state index is -4.46. The number of methoxy groups -OCH3 is 1. The summed E-state index contributed by atoms with van der Waals surface area (Å²) in [5.41, 5.74) is -0.881. The van der Waals surface area contributed by atoms with Crippen LogP contribution in [0.4, 0.5) is 19.0 Å². The number of aromatic nitrogens is 1. The molecule has 0 aliphatic carbocycles. The summed E-state index contributed by atoms with van der Waals surface area (Å²) in [4.78, 5) is 5.31. The Morgan fingerprint density at radius 2 is 2.11 bits per heavy atom. The molecular weight excluding hydrogens is 304 g/mol. The molecule has 0 aliphatic heterocycles. The molecule has 0 N–H and O–H groups in total. The van der Waals surface area contributed by atoms with E-state index < -0.39 is 11.7 Å². The largest absolute Gasteiger partial charge is 0.417 e. The average molecular weight is 317 g/mol. The standard InChI is InChI=1S/C11H13Cl2F3N2O/c1-18(5-8(12)6-19-2)10-9(13)3-7(4-17-10)11(14,15)16/h3-4,8H,5-6H2,1-2H3. The third-order valence-electron chi connectivity index (χ3n) is 2.33. The highest BCUT2D eigenvalue weighted by Gasteiger charge is 2.31. The van der Waals surface area contributed by atoms with E-state index in [2.05, 4.69) is 4.98 Å². The fourth-order valence-corrected chi connectivity index (χ4v) is 2.13. The predicted molar refractivity (Wildman–Crippen MR) is 69.0 cm³/mol. The molecule has 19 heavy (non-hydrogen) atoms. The van der Waals surface area contributed by atoms with Crippen LogP contribution in [0.2, 0.25) is 5.02 Å². The normalized spacial score (nSPS) is 13.4. The minimum absolute atomic E-state index is 0.0707. The number of pyridine rings is 1. The molecule has 1 rings (SSSR count). The lowest BCUT2D eigenvalue weighted by atomic mass is 10.2. The van der Waals surface area contributed by atoms with Gasteiger partial charge in [0.2, 0.25) is 0 Å². The van der Waals surface area contributed by atoms with Gasteiger partial charge in [0, 0.05) is 26.9 Å². The maximum absolute atomic E-state index is 12.5. The van der Waals surface area contributed by atoms with Gasteiger partial charge in [-0.05, 0) is 6.07 Å². The van der Waals surface area contributed by atoms with Gasteiger partial charge < -0.3 is 9.64 Å². The van der Waals surface area contributed by atoms with Crippen LogP contribution in [0.15, 0.2) is 12.3 Å². The molecule has 0 aliphatic rings. The van der Waals surface area contributed by atoms with Gasteiger partial charge in [0.15, 0.2) is 0 Å². The van der Waals surface area contributed by atoms with Gasteiger partial charge in [-0.1, -0.05) is 11.6 Å². The molecule has 3 nitrogen and oxygen atoms in total. The van der Waals surface area contributed by atoms with Crippen molar-refractivity contribution in [3.63, 3.8) is 0 Å². The zero-order chi connectivity index (χ0) is 14.6. The van der Waals surface area contributed by atoms with Gasteiger partial charge in [-0.3, -0.25) is 0 Å². The molecule has 0 amide bonds. The zero-order valence-corrected chi connectivity index (χ0v) is 11.9. The summed E-state index contributed by atoms with van der Waals surface area (Å²) in [5, 5.41) is -0.381. The molecule has 8 heteroatoms. The zero-order valence-electron chi connectivity index (χ0n) is 10.3. The summed E-state index contributed by atoms with van der Waals surface area (Å²) in [7, 11) is 3.16. The summed E-state index contributed by atoms with van der Waals surface area (Å²) in [6.45, 7) is 0.678. The lowest BCUT2D eigenvalue weighted by Gasteiger charge is -2.22. The second-order valence-electron chi connectivity index (χ2n) is 3.96. The van der Waals surface area contributed by atoms with Crippen molar-refractivity contribution in [2.75, 3.05) is 32.2 Å². The summed E-state index contributed by atoms with van der Waals surface area (Å²) < 4.78 is 42.3. The van der Waals surface area contributed by atoms with Crippen molar-refractivity contribution >= 4 is 29.0 Å². The summed E-state index contributed by atoms with van der Waals surface area (Å²) in [6, 6.07) is 0.847. The quantitative estimate of drug-likeness (QED) is 0.778. The number of anilines is 1. The molecule has 0 radical (unpaired) electrons. The van der Waals surface area contributed by atoms with E-state index in [1.807, 2.05) is 0 Å². The SMILES string of the molecule is COCC(Cl)CN(C)c1ncc(C(F)(F)F)cc1Cl. The summed E-state index contributed by atoms with van der Waals surface area (Å²) in [5.74, 6) is 0.247. The first kappa shape index (κ1) is 16.3. The number of rotatable bonds is 5. The minimum Gasteiger partial charge on any atom is -0.383 e. The third kappa shape index (κ3) is 4.71. The first-order valence-corrected chi connectivity index (χ1v) is 6.14. The van der Waals surface area contributed by atoms with Crippen LogP contribution in [-0.4, -0.2) is 37.7 Å². The highest BCUT2D eigenvalue weighted by Crippen LogP contribution is 2.33. The number of hydrogen-bond acceptors (Lipinski definition) is 3. The monoisotopic (exact) mass is 316 g/mol. The molecule has 0 aromatic carbocycles. The van der Waals surface area contributed by atoms with Crippen LogP contribution >= 0.6 is 23.2 Å². The van der Waals surface area contributed by atoms with Gasteiger partial charge in [0.1, 0.15) is 5.82 Å². The molecule has 1 aromatic heterocycles. The van der Waals surface area contributed by atoms with Gasteiger partial charge in [0.25, 0.3) is 0 Å². The van der Waals surface area contributed by atoms with Crippen molar-refractivity contribution in [2.45, 2.75) is 11.6 Å². The first-order chi connectivity index (χ1) is 8.75. The van der Waals surface area contributed by atoms with Crippen molar-refractivity contribution in [2.24, 2.45) is 0 Å². The third-order valence-corrected chi connectivity index (χ3v) is 2.87. The highest BCUT2D eigenvalue weighted by molar-refractivity contribution is 6.33. The Labute approximate surface area is 119 Å². The van der Waals surface area contributed by atoms with E-state index in [0.29, 0.717) is 13.2 Å². The van der Waals surface area contributed by atoms with Crippen LogP contribution in [0.5, 0.6) is 0 Å². The smallest absolute Gasteiger partial charge is 0.383 e. The van der Waals surface area contributed by atoms with E-state index in [-0.39, 0.29) is 16.2 Å². The van der Waals surface area contributed by atoms with Gasteiger partial charge in [-0.2, -0.15) is 13.2 Å². The van der Waals surface area contributed by atoms with Crippen LogP contribution in [0, 0.1) is 0 Å². The Morgan fingerprint density at radius 3 is 2.58 bits per heavy atom. The van der Waals surface area contributed by atoms with Crippen molar-refractivity contribution in [3.05, 3.63) is 22.8 Å². The molecule has 1 aromatic rings. The number of alkyl halides is 4. The molecule has 0 fully saturated rings. The van der Waals surface area contributed by atoms with E-state index in [4.69, 9.17) is 27.9 Å². The van der Waals surface area contributed by atoms with Crippen molar-refractivity contribution < 1.29 is 17.9 Å². The lowest BCUT2D eigenvalue weighted by Crippen LogP contribution is -2.29. The highest BCUT2D eigenvalue weighted by atomic mass is 35.5. The van der Waals surface area contributed by atoms with Crippen LogP contribution in [0.25, 0.3) is 0 Å². The van der Waals surface area contributed by atoms with Gasteiger partial charge in [-0.25, -0.2) is 4.98 Å². The Morgan fingerprint density at radius 1 is 1.47 bits per heavy atom. The number of nitrogens with zero attached hydrogens (tertiary/aromatic N) is 2. The molecule has 1 atom stereocenters. The Kier molecular flexibility index (Phi) is 5.70. The van der Waals surface area contributed by atoms with E-state index in [1.165, 1.54) is 7.11 Å². The molecule has 108 valence electrons. The summed E-state index contributed by atoms with van der Waals surface area (Å²) >= 11 is 11.8. The molecule has 1 unspecified atom stereocenters. The number of ether oxygens (including phenoxy) is 1. The van der Waals surface area contributed by atoms with Gasteiger partial charge in [-0.15, -0.1) is 11.6 Å². The molecule has 0 spiro atoms. The second-order valence-corrected chi connectivity index (χ2v) is 4.98. The number of halogens is 5. The van der Waals surface area contributed by atoms with Gasteiger partial charge >= 0.3 is 6.18 Å².